The van der Waals surface area contributed by atoms with Crippen molar-refractivity contribution < 1.29 is 9.53 Å². The number of nitrogens with zero attached hydrogens (tertiary/aromatic N) is 4. The van der Waals surface area contributed by atoms with Crippen molar-refractivity contribution in [2.45, 2.75) is 30.2 Å². The van der Waals surface area contributed by atoms with E-state index in [-0.39, 0.29) is 5.91 Å². The van der Waals surface area contributed by atoms with Gasteiger partial charge in [0.15, 0.2) is 5.16 Å². The number of benzene rings is 2. The van der Waals surface area contributed by atoms with Crippen molar-refractivity contribution in [3.05, 3.63) is 53.6 Å². The van der Waals surface area contributed by atoms with E-state index >= 15 is 0 Å². The van der Waals surface area contributed by atoms with Crippen LogP contribution in [0.5, 0.6) is 5.75 Å². The van der Waals surface area contributed by atoms with Crippen LogP contribution < -0.4 is 15.0 Å². The number of rotatable bonds is 7. The number of thioether (sulfide) groups is 1. The molecule has 1 aliphatic heterocycles. The van der Waals surface area contributed by atoms with E-state index in [0.29, 0.717) is 21.6 Å². The zero-order chi connectivity index (χ0) is 21.8. The number of methoxy groups -OCH3 is 1. The maximum absolute atomic E-state index is 12.9. The molecule has 0 saturated carbocycles. The minimum absolute atomic E-state index is 0.141. The Kier molecular flexibility index (Phi) is 6.67. The monoisotopic (exact) mass is 457 g/mol. The molecule has 1 fully saturated rings. The number of halogens is 1. The summed E-state index contributed by atoms with van der Waals surface area (Å²) in [7, 11) is 1.58. The molecule has 1 amide bonds. The van der Waals surface area contributed by atoms with E-state index in [1.54, 1.807) is 7.11 Å². The quantitative estimate of drug-likeness (QED) is 0.521. The lowest BCUT2D eigenvalue weighted by atomic mass is 10.3. The van der Waals surface area contributed by atoms with Gasteiger partial charge in [0.05, 0.1) is 23.7 Å². The highest BCUT2D eigenvalue weighted by atomic mass is 35.5. The van der Waals surface area contributed by atoms with Crippen LogP contribution in [-0.4, -0.2) is 46.1 Å². The molecular weight excluding hydrogens is 434 g/mol. The number of anilines is 2. The molecule has 1 aliphatic rings. The zero-order valence-electron chi connectivity index (χ0n) is 17.4. The van der Waals surface area contributed by atoms with Gasteiger partial charge in [-0.2, -0.15) is 0 Å². The summed E-state index contributed by atoms with van der Waals surface area (Å²) >= 11 is 7.61. The lowest BCUT2D eigenvalue weighted by Gasteiger charge is -2.19. The van der Waals surface area contributed by atoms with E-state index in [1.807, 2.05) is 60.0 Å². The summed E-state index contributed by atoms with van der Waals surface area (Å²) in [6.45, 7) is 3.72. The highest BCUT2D eigenvalue weighted by Gasteiger charge is 2.25. The van der Waals surface area contributed by atoms with Gasteiger partial charge in [-0.15, -0.1) is 10.2 Å². The normalized spacial score (nSPS) is 14.5. The third kappa shape index (κ3) is 4.80. The number of para-hydroxylation sites is 2. The number of amides is 1. The molecule has 1 saturated heterocycles. The number of ether oxygens (including phenoxy) is 1. The van der Waals surface area contributed by atoms with Gasteiger partial charge in [0.1, 0.15) is 5.75 Å². The lowest BCUT2D eigenvalue weighted by Crippen LogP contribution is -2.24. The Labute approximate surface area is 190 Å². The van der Waals surface area contributed by atoms with Crippen LogP contribution in [0.1, 0.15) is 19.8 Å². The van der Waals surface area contributed by atoms with E-state index in [9.17, 15) is 4.79 Å². The molecule has 0 spiro atoms. The smallest absolute Gasteiger partial charge is 0.237 e. The Hall–Kier alpha value is -2.71. The van der Waals surface area contributed by atoms with Crippen molar-refractivity contribution in [3.8, 4) is 11.4 Å². The highest BCUT2D eigenvalue weighted by Crippen LogP contribution is 2.32. The van der Waals surface area contributed by atoms with Gasteiger partial charge in [-0.3, -0.25) is 9.36 Å². The molecule has 3 aromatic rings. The Morgan fingerprint density at radius 3 is 2.68 bits per heavy atom. The SMILES string of the molecule is COc1ccccc1NC(=O)[C@H](C)Sc1nnc(N2CCCC2)n1-c1cccc(Cl)c1. The van der Waals surface area contributed by atoms with Crippen LogP contribution in [0.3, 0.4) is 0 Å². The van der Waals surface area contributed by atoms with Crippen molar-refractivity contribution in [3.63, 3.8) is 0 Å². The summed E-state index contributed by atoms with van der Waals surface area (Å²) in [5.74, 6) is 1.25. The number of hydrogen-bond donors (Lipinski definition) is 1. The molecule has 9 heteroatoms. The van der Waals surface area contributed by atoms with Crippen LogP contribution in [0, 0.1) is 0 Å². The number of nitrogens with one attached hydrogen (secondary N) is 1. The van der Waals surface area contributed by atoms with Gasteiger partial charge in [-0.25, -0.2) is 0 Å². The minimum atomic E-state index is -0.404. The Morgan fingerprint density at radius 1 is 1.16 bits per heavy atom. The fraction of sp³-hybridized carbons (Fsp3) is 0.318. The fourth-order valence-electron chi connectivity index (χ4n) is 3.50. The first-order valence-electron chi connectivity index (χ1n) is 10.1. The number of hydrogen-bond acceptors (Lipinski definition) is 6. The summed E-state index contributed by atoms with van der Waals surface area (Å²) in [5, 5.41) is 12.7. The van der Waals surface area contributed by atoms with Gasteiger partial charge in [0, 0.05) is 18.1 Å². The fourth-order valence-corrected chi connectivity index (χ4v) is 4.54. The largest absolute Gasteiger partial charge is 0.495 e. The molecule has 0 aliphatic carbocycles. The van der Waals surface area contributed by atoms with Gasteiger partial charge in [0.25, 0.3) is 0 Å². The summed E-state index contributed by atoms with van der Waals surface area (Å²) < 4.78 is 7.31. The molecule has 162 valence electrons. The summed E-state index contributed by atoms with van der Waals surface area (Å²) in [5.41, 5.74) is 1.51. The minimum Gasteiger partial charge on any atom is -0.495 e. The van der Waals surface area contributed by atoms with E-state index in [1.165, 1.54) is 11.8 Å². The Balaban J connectivity index is 1.59. The second kappa shape index (κ2) is 9.62. The van der Waals surface area contributed by atoms with E-state index < -0.39 is 5.25 Å². The first-order chi connectivity index (χ1) is 15.1. The van der Waals surface area contributed by atoms with Gasteiger partial charge in [0.2, 0.25) is 11.9 Å². The van der Waals surface area contributed by atoms with E-state index in [2.05, 4.69) is 20.4 Å². The van der Waals surface area contributed by atoms with Crippen LogP contribution in [0.2, 0.25) is 5.02 Å². The summed E-state index contributed by atoms with van der Waals surface area (Å²) in [4.78, 5) is 15.1. The number of carbonyl (C=O) groups excluding carboxylic acids is 1. The van der Waals surface area contributed by atoms with Crippen molar-refractivity contribution >= 4 is 40.9 Å². The molecule has 31 heavy (non-hydrogen) atoms. The standard InChI is InChI=1S/C22H24ClN5O2S/c1-15(20(29)24-18-10-3-4-11-19(18)30-2)31-22-26-25-21(27-12-5-6-13-27)28(22)17-9-7-8-16(23)14-17/h3-4,7-11,14-15H,5-6,12-13H2,1-2H3,(H,24,29)/t15-/m0/s1. The third-order valence-corrected chi connectivity index (χ3v) is 6.37. The topological polar surface area (TPSA) is 72.3 Å². The van der Waals surface area contributed by atoms with Gasteiger partial charge >= 0.3 is 0 Å². The van der Waals surface area contributed by atoms with Crippen molar-refractivity contribution in [2.75, 3.05) is 30.4 Å². The molecule has 2 heterocycles. The van der Waals surface area contributed by atoms with Gasteiger partial charge < -0.3 is 15.0 Å². The molecule has 0 bridgehead atoms. The molecule has 7 nitrogen and oxygen atoms in total. The molecule has 1 N–H and O–H groups in total. The summed E-state index contributed by atoms with van der Waals surface area (Å²) in [6, 6.07) is 14.9. The maximum atomic E-state index is 12.9. The number of aromatic nitrogens is 3. The van der Waals surface area contributed by atoms with Crippen LogP contribution in [-0.2, 0) is 4.79 Å². The van der Waals surface area contributed by atoms with Gasteiger partial charge in [-0.1, -0.05) is 41.6 Å². The zero-order valence-corrected chi connectivity index (χ0v) is 19.0. The molecule has 1 atom stereocenters. The molecule has 1 aromatic heterocycles. The molecule has 4 rings (SSSR count). The molecule has 0 radical (unpaired) electrons. The van der Waals surface area contributed by atoms with E-state index in [0.717, 1.165) is 37.6 Å². The van der Waals surface area contributed by atoms with Crippen molar-refractivity contribution in [1.29, 1.82) is 0 Å². The third-order valence-electron chi connectivity index (χ3n) is 5.09. The average Bonchev–Trinajstić information content (AvgIpc) is 3.44. The predicted octanol–water partition coefficient (Wildman–Crippen LogP) is 4.65. The Morgan fingerprint density at radius 2 is 1.94 bits per heavy atom. The molecule has 0 unspecified atom stereocenters. The van der Waals surface area contributed by atoms with Crippen LogP contribution >= 0.6 is 23.4 Å². The Bertz CT molecular complexity index is 1070. The molecule has 2 aromatic carbocycles. The lowest BCUT2D eigenvalue weighted by molar-refractivity contribution is -0.115. The van der Waals surface area contributed by atoms with Crippen molar-refractivity contribution in [2.24, 2.45) is 0 Å². The molecular formula is C22H24ClN5O2S. The average molecular weight is 458 g/mol. The highest BCUT2D eigenvalue weighted by molar-refractivity contribution is 8.00. The van der Waals surface area contributed by atoms with Crippen LogP contribution in [0.15, 0.2) is 53.7 Å². The van der Waals surface area contributed by atoms with Crippen molar-refractivity contribution in [1.82, 2.24) is 14.8 Å². The first kappa shape index (κ1) is 21.5. The summed E-state index contributed by atoms with van der Waals surface area (Å²) in [6.07, 6.45) is 2.26. The second-order valence-corrected chi connectivity index (χ2v) is 8.99. The van der Waals surface area contributed by atoms with Crippen LogP contribution in [0.4, 0.5) is 11.6 Å². The maximum Gasteiger partial charge on any atom is 0.237 e. The van der Waals surface area contributed by atoms with Crippen LogP contribution in [0.25, 0.3) is 5.69 Å². The van der Waals surface area contributed by atoms with E-state index in [4.69, 9.17) is 16.3 Å². The predicted molar refractivity (Wildman–Crippen MR) is 125 cm³/mol. The second-order valence-electron chi connectivity index (χ2n) is 7.24. The first-order valence-corrected chi connectivity index (χ1v) is 11.4. The number of carbonyl (C=O) groups is 1. The van der Waals surface area contributed by atoms with Gasteiger partial charge in [-0.05, 0) is 50.1 Å².